The molecule has 2 aromatic rings. The Morgan fingerprint density at radius 3 is 2.68 bits per heavy atom. The second-order valence-corrected chi connectivity index (χ2v) is 9.46. The second-order valence-electron chi connectivity index (χ2n) is 8.08. The van der Waals surface area contributed by atoms with Gasteiger partial charge in [-0.05, 0) is 12.8 Å². The number of nitrogens with zero attached hydrogens (tertiary/aromatic N) is 5. The van der Waals surface area contributed by atoms with Crippen LogP contribution < -0.4 is 22.5 Å². The van der Waals surface area contributed by atoms with Gasteiger partial charge in [-0.15, -0.1) is 0 Å². The van der Waals surface area contributed by atoms with E-state index in [1.54, 1.807) is 0 Å². The maximum Gasteiger partial charge on any atom is 0.529 e. The van der Waals surface area contributed by atoms with Crippen LogP contribution in [0.5, 0.6) is 0 Å². The minimum atomic E-state index is -5.01. The molecule has 0 radical (unpaired) electrons. The number of phosphoric ester groups is 1. The molecule has 19 nitrogen and oxygen atoms in total. The molecular weight excluding hydrogens is 533 g/mol. The number of hydrogen-bond donors (Lipinski definition) is 8. The van der Waals surface area contributed by atoms with Gasteiger partial charge in [0.15, 0.2) is 23.7 Å². The summed E-state index contributed by atoms with van der Waals surface area (Å²) in [5.41, 5.74) is 16.5. The van der Waals surface area contributed by atoms with Crippen LogP contribution in [-0.4, -0.2) is 102 Å². The van der Waals surface area contributed by atoms with Gasteiger partial charge in [0, 0.05) is 6.54 Å². The number of aliphatic imine (C=N–C) groups is 1. The molecule has 1 unspecified atom stereocenters. The number of carbonyl (C=O) groups is 2. The van der Waals surface area contributed by atoms with Gasteiger partial charge in [-0.3, -0.25) is 33.9 Å². The molecule has 6 atom stereocenters. The first-order valence-electron chi connectivity index (χ1n) is 11.1. The summed E-state index contributed by atoms with van der Waals surface area (Å²) in [4.78, 5) is 48.8. The number of nitrogen functional groups attached to an aromatic ring is 1. The van der Waals surface area contributed by atoms with Gasteiger partial charge in [0.2, 0.25) is 0 Å². The van der Waals surface area contributed by atoms with Crippen LogP contribution in [0.25, 0.3) is 11.2 Å². The number of nitrogens with two attached hydrogens (primary N) is 3. The summed E-state index contributed by atoms with van der Waals surface area (Å²) >= 11 is 0. The van der Waals surface area contributed by atoms with E-state index in [1.165, 1.54) is 17.2 Å². The van der Waals surface area contributed by atoms with Gasteiger partial charge in [0.05, 0.1) is 19.5 Å². The van der Waals surface area contributed by atoms with Crippen molar-refractivity contribution in [2.75, 3.05) is 25.4 Å². The molecule has 0 aromatic carbocycles. The van der Waals surface area contributed by atoms with E-state index in [-0.39, 0.29) is 42.3 Å². The molecular formula is C18H28N9O10P. The van der Waals surface area contributed by atoms with Gasteiger partial charge >= 0.3 is 19.8 Å². The monoisotopic (exact) mass is 561 g/mol. The first-order chi connectivity index (χ1) is 17.9. The Balaban J connectivity index is 1.51. The van der Waals surface area contributed by atoms with Gasteiger partial charge in [-0.1, -0.05) is 0 Å². The number of ether oxygens (including phenoxy) is 1. The van der Waals surface area contributed by atoms with Crippen molar-refractivity contribution in [3.05, 3.63) is 12.7 Å². The van der Waals surface area contributed by atoms with Crippen molar-refractivity contribution in [2.45, 2.75) is 43.4 Å². The van der Waals surface area contributed by atoms with Crippen molar-refractivity contribution < 1.29 is 48.2 Å². The van der Waals surface area contributed by atoms with Gasteiger partial charge in [0.1, 0.15) is 36.2 Å². The van der Waals surface area contributed by atoms with Crippen LogP contribution in [0.2, 0.25) is 0 Å². The predicted molar refractivity (Wildman–Crippen MR) is 127 cm³/mol. The molecule has 38 heavy (non-hydrogen) atoms. The predicted octanol–water partition coefficient (Wildman–Crippen LogP) is -3.22. The zero-order valence-electron chi connectivity index (χ0n) is 19.7. The molecule has 210 valence electrons. The summed E-state index contributed by atoms with van der Waals surface area (Å²) in [7, 11) is -5.01. The number of guanidine groups is 1. The van der Waals surface area contributed by atoms with Crippen LogP contribution in [-0.2, 0) is 27.9 Å². The number of anilines is 1. The fourth-order valence-corrected chi connectivity index (χ4v) is 4.24. The minimum absolute atomic E-state index is 0.0535. The lowest BCUT2D eigenvalue weighted by Crippen LogP contribution is -2.40. The Hall–Kier alpha value is -3.45. The van der Waals surface area contributed by atoms with E-state index < -0.39 is 63.5 Å². The molecule has 1 saturated heterocycles. The van der Waals surface area contributed by atoms with Crippen molar-refractivity contribution in [2.24, 2.45) is 16.5 Å². The van der Waals surface area contributed by atoms with Crippen molar-refractivity contribution in [3.63, 3.8) is 0 Å². The molecule has 0 aliphatic carbocycles. The molecule has 20 heteroatoms. The fraction of sp³-hybridized carbons (Fsp3) is 0.556. The van der Waals surface area contributed by atoms with Crippen LogP contribution in [0.1, 0.15) is 19.1 Å². The summed E-state index contributed by atoms with van der Waals surface area (Å²) in [6, 6.07) is -1.18. The third-order valence-electron chi connectivity index (χ3n) is 5.35. The average molecular weight is 561 g/mol. The Morgan fingerprint density at radius 1 is 1.26 bits per heavy atom. The number of carboxylic acid groups (broad SMARTS) is 1. The first kappa shape index (κ1) is 29.1. The van der Waals surface area contributed by atoms with Crippen molar-refractivity contribution in [1.82, 2.24) is 24.8 Å². The SMILES string of the molecule is NC(N)=NCCC[C@H](NCC(=O)OP(=O)(O)OC[C@H]1O[C@@H](n2cnc3c(N)ncnc32)[C@H](O)[C@@H]1O)C(=O)O. The summed E-state index contributed by atoms with van der Waals surface area (Å²) in [5.74, 6) is -2.62. The summed E-state index contributed by atoms with van der Waals surface area (Å²) in [5, 5.41) is 32.4. The van der Waals surface area contributed by atoms with E-state index in [2.05, 4.69) is 29.8 Å². The van der Waals surface area contributed by atoms with E-state index in [9.17, 15) is 34.4 Å². The number of rotatable bonds is 13. The van der Waals surface area contributed by atoms with Crippen molar-refractivity contribution in [1.29, 1.82) is 0 Å². The fourth-order valence-electron chi connectivity index (χ4n) is 3.53. The Labute approximate surface area is 214 Å². The number of aliphatic hydroxyl groups excluding tert-OH is 2. The molecule has 11 N–H and O–H groups in total. The van der Waals surface area contributed by atoms with Crippen molar-refractivity contribution >= 4 is 42.7 Å². The van der Waals surface area contributed by atoms with E-state index in [1.807, 2.05) is 0 Å². The minimum Gasteiger partial charge on any atom is -0.480 e. The lowest BCUT2D eigenvalue weighted by Gasteiger charge is -2.18. The van der Waals surface area contributed by atoms with Crippen LogP contribution in [0.4, 0.5) is 5.82 Å². The smallest absolute Gasteiger partial charge is 0.480 e. The summed E-state index contributed by atoms with van der Waals surface area (Å²) in [6.45, 7) is -1.31. The number of fused-ring (bicyclic) bond motifs is 1. The lowest BCUT2D eigenvalue weighted by molar-refractivity contribution is -0.140. The number of nitrogens with one attached hydrogen (secondary N) is 1. The second kappa shape index (κ2) is 12.4. The standard InChI is InChI=1S/C18H28N9O10P/c19-14-11-15(25-6-24-14)27(7-26-11)16-13(30)12(29)9(36-16)5-35-38(33,34)37-10(28)4-23-8(17(31)32)2-1-3-22-18(20)21/h6-9,12-13,16,23,29-30H,1-5H2,(H,31,32)(H,33,34)(H2,19,24,25)(H4,20,21,22)/t8-,9+,12+,13+,16+/m0/s1. The molecule has 0 amide bonds. The van der Waals surface area contributed by atoms with E-state index in [0.717, 1.165) is 0 Å². The molecule has 0 spiro atoms. The zero-order valence-corrected chi connectivity index (χ0v) is 20.6. The topological polar surface area (TPSA) is 306 Å². The van der Waals surface area contributed by atoms with Crippen LogP contribution in [0.3, 0.4) is 0 Å². The largest absolute Gasteiger partial charge is 0.529 e. The van der Waals surface area contributed by atoms with Crippen LogP contribution in [0, 0.1) is 0 Å². The number of aromatic nitrogens is 4. The molecule has 0 bridgehead atoms. The Morgan fingerprint density at radius 2 is 2.00 bits per heavy atom. The molecule has 3 rings (SSSR count). The molecule has 2 aromatic heterocycles. The number of phosphoric acid groups is 1. The molecule has 1 fully saturated rings. The molecule has 0 saturated carbocycles. The average Bonchev–Trinajstić information content (AvgIpc) is 3.38. The highest BCUT2D eigenvalue weighted by molar-refractivity contribution is 7.48. The van der Waals surface area contributed by atoms with E-state index in [0.29, 0.717) is 0 Å². The van der Waals surface area contributed by atoms with Gasteiger partial charge in [-0.25, -0.2) is 19.5 Å². The number of carboxylic acids is 1. The van der Waals surface area contributed by atoms with Crippen LogP contribution in [0.15, 0.2) is 17.6 Å². The quantitative estimate of drug-likeness (QED) is 0.0516. The maximum absolute atomic E-state index is 12.2. The Kier molecular flexibility index (Phi) is 9.50. The molecule has 1 aliphatic heterocycles. The van der Waals surface area contributed by atoms with Crippen LogP contribution >= 0.6 is 7.82 Å². The number of aliphatic carboxylic acids is 1. The normalized spacial score (nSPS) is 23.6. The highest BCUT2D eigenvalue weighted by Gasteiger charge is 2.45. The Bertz CT molecular complexity index is 1220. The van der Waals surface area contributed by atoms with Gasteiger partial charge in [0.25, 0.3) is 0 Å². The third kappa shape index (κ3) is 7.32. The van der Waals surface area contributed by atoms with E-state index in [4.69, 9.17) is 26.5 Å². The number of hydrogen-bond acceptors (Lipinski definition) is 14. The number of carbonyl (C=O) groups excluding carboxylic acids is 1. The van der Waals surface area contributed by atoms with Gasteiger partial charge in [-0.2, -0.15) is 0 Å². The number of aliphatic hydroxyl groups is 2. The van der Waals surface area contributed by atoms with Gasteiger partial charge < -0.3 is 41.8 Å². The molecule has 1 aliphatic rings. The zero-order chi connectivity index (χ0) is 28.0. The first-order valence-corrected chi connectivity index (χ1v) is 12.5. The molecule has 3 heterocycles. The summed E-state index contributed by atoms with van der Waals surface area (Å²) < 4.78 is 28.2. The summed E-state index contributed by atoms with van der Waals surface area (Å²) in [6.07, 6.45) is -2.83. The lowest BCUT2D eigenvalue weighted by atomic mass is 10.1. The van der Waals surface area contributed by atoms with Crippen molar-refractivity contribution in [3.8, 4) is 0 Å². The third-order valence-corrected chi connectivity index (χ3v) is 6.26. The number of imidazole rings is 1. The highest BCUT2D eigenvalue weighted by Crippen LogP contribution is 2.44. The maximum atomic E-state index is 12.2. The van der Waals surface area contributed by atoms with E-state index >= 15 is 0 Å². The highest BCUT2D eigenvalue weighted by atomic mass is 31.2.